The zero-order chi connectivity index (χ0) is 24.1. The Morgan fingerprint density at radius 3 is 2.38 bits per heavy atom. The standard InChI is InChI=1S/C23H29ClN10/c24-16-4-7-19-18(14-16)20(31-23(30-19)32-22(27)28)15-2-5-17(6-3-15)34-12-10-33(11-13-34)9-1-8-29-21(25)26/h2-7,14H,1,8-13H2,(H4,25,26,29)(H4,27,28,30,31,32). The molecule has 1 aliphatic rings. The molecule has 0 saturated carbocycles. The molecule has 8 N–H and O–H groups in total. The maximum absolute atomic E-state index is 7.51. The van der Waals surface area contributed by atoms with Gasteiger partial charge in [0.05, 0.1) is 11.2 Å². The Morgan fingerprint density at radius 1 is 0.971 bits per heavy atom. The molecule has 3 aromatic rings. The largest absolute Gasteiger partial charge is 0.370 e. The van der Waals surface area contributed by atoms with E-state index in [2.05, 4.69) is 54.7 Å². The lowest BCUT2D eigenvalue weighted by atomic mass is 10.1. The maximum atomic E-state index is 7.51. The van der Waals surface area contributed by atoms with Crippen LogP contribution in [0.15, 0.2) is 42.5 Å². The Kier molecular flexibility index (Phi) is 7.29. The SMILES string of the molecule is N=C(N)NCCCN1CCN(c2ccc(-c3nc(NC(=N)N)nc4ccc(Cl)cc34)cc2)CC1. The number of nitrogens with one attached hydrogen (secondary N) is 4. The first-order valence-electron chi connectivity index (χ1n) is 11.1. The van der Waals surface area contributed by atoms with Crippen LogP contribution in [0.25, 0.3) is 22.2 Å². The molecule has 0 amide bonds. The lowest BCUT2D eigenvalue weighted by molar-refractivity contribution is 0.255. The van der Waals surface area contributed by atoms with Crippen LogP contribution in [0, 0.1) is 10.8 Å². The van der Waals surface area contributed by atoms with Crippen LogP contribution in [0.1, 0.15) is 6.42 Å². The van der Waals surface area contributed by atoms with E-state index in [-0.39, 0.29) is 17.9 Å². The van der Waals surface area contributed by atoms with Crippen molar-refractivity contribution in [2.24, 2.45) is 11.5 Å². The summed E-state index contributed by atoms with van der Waals surface area (Å²) in [5.41, 5.74) is 14.4. The van der Waals surface area contributed by atoms with Crippen LogP contribution in [-0.4, -0.2) is 66.1 Å². The molecule has 1 aromatic heterocycles. The fourth-order valence-corrected chi connectivity index (χ4v) is 4.25. The first-order chi connectivity index (χ1) is 16.4. The van der Waals surface area contributed by atoms with Crippen molar-refractivity contribution >= 4 is 46.1 Å². The highest BCUT2D eigenvalue weighted by molar-refractivity contribution is 6.31. The van der Waals surface area contributed by atoms with E-state index in [1.165, 1.54) is 5.69 Å². The molecule has 11 heteroatoms. The summed E-state index contributed by atoms with van der Waals surface area (Å²) in [7, 11) is 0. The molecule has 178 valence electrons. The highest BCUT2D eigenvalue weighted by Crippen LogP contribution is 2.31. The zero-order valence-electron chi connectivity index (χ0n) is 18.8. The Morgan fingerprint density at radius 2 is 1.71 bits per heavy atom. The molecule has 1 aliphatic heterocycles. The minimum absolute atomic E-state index is 0.0256. The molecule has 2 aromatic carbocycles. The summed E-state index contributed by atoms with van der Waals surface area (Å²) in [6.07, 6.45) is 0.964. The zero-order valence-corrected chi connectivity index (χ0v) is 19.6. The van der Waals surface area contributed by atoms with Gasteiger partial charge in [0, 0.05) is 54.4 Å². The molecule has 2 heterocycles. The number of anilines is 2. The third-order valence-electron chi connectivity index (χ3n) is 5.75. The second kappa shape index (κ2) is 10.5. The van der Waals surface area contributed by atoms with Crippen LogP contribution in [0.3, 0.4) is 0 Å². The van der Waals surface area contributed by atoms with Crippen LogP contribution >= 0.6 is 11.6 Å². The quantitative estimate of drug-likeness (QED) is 0.171. The molecule has 1 saturated heterocycles. The van der Waals surface area contributed by atoms with Crippen molar-refractivity contribution in [3.05, 3.63) is 47.5 Å². The molecule has 0 bridgehead atoms. The summed E-state index contributed by atoms with van der Waals surface area (Å²) in [4.78, 5) is 13.9. The molecule has 1 fully saturated rings. The summed E-state index contributed by atoms with van der Waals surface area (Å²) in [5.74, 6) is 0.0811. The highest BCUT2D eigenvalue weighted by atomic mass is 35.5. The minimum Gasteiger partial charge on any atom is -0.370 e. The molecule has 4 rings (SSSR count). The van der Waals surface area contributed by atoms with Crippen LogP contribution < -0.4 is 27.0 Å². The first-order valence-corrected chi connectivity index (χ1v) is 11.5. The number of hydrogen-bond donors (Lipinski definition) is 6. The monoisotopic (exact) mass is 480 g/mol. The number of fused-ring (bicyclic) bond motifs is 1. The topological polar surface area (TPSA) is 156 Å². The van der Waals surface area contributed by atoms with Gasteiger partial charge in [0.25, 0.3) is 0 Å². The van der Waals surface area contributed by atoms with Gasteiger partial charge in [-0.3, -0.25) is 21.0 Å². The number of guanidine groups is 2. The Bertz CT molecular complexity index is 1170. The van der Waals surface area contributed by atoms with Crippen molar-refractivity contribution in [3.8, 4) is 11.3 Å². The van der Waals surface area contributed by atoms with Crippen molar-refractivity contribution in [1.29, 1.82) is 10.8 Å². The van der Waals surface area contributed by atoms with E-state index in [1.807, 2.05) is 12.1 Å². The van der Waals surface area contributed by atoms with Gasteiger partial charge in [0.2, 0.25) is 5.95 Å². The normalized spacial score (nSPS) is 14.2. The number of benzene rings is 2. The van der Waals surface area contributed by atoms with Gasteiger partial charge in [0.1, 0.15) is 0 Å². The van der Waals surface area contributed by atoms with Gasteiger partial charge in [0.15, 0.2) is 11.9 Å². The van der Waals surface area contributed by atoms with Crippen molar-refractivity contribution in [2.45, 2.75) is 6.42 Å². The summed E-state index contributed by atoms with van der Waals surface area (Å²) in [6.45, 7) is 5.63. The average Bonchev–Trinajstić information content (AvgIpc) is 2.82. The van der Waals surface area contributed by atoms with Gasteiger partial charge in [-0.1, -0.05) is 23.7 Å². The summed E-state index contributed by atoms with van der Waals surface area (Å²) >= 11 is 6.24. The number of rotatable bonds is 7. The van der Waals surface area contributed by atoms with Crippen molar-refractivity contribution in [3.63, 3.8) is 0 Å². The molecule has 0 aliphatic carbocycles. The molecule has 0 radical (unpaired) electrons. The Balaban J connectivity index is 1.46. The van der Waals surface area contributed by atoms with E-state index >= 15 is 0 Å². The van der Waals surface area contributed by atoms with Gasteiger partial charge in [-0.15, -0.1) is 0 Å². The number of nitrogens with two attached hydrogens (primary N) is 2. The molecular weight excluding hydrogens is 452 g/mol. The third kappa shape index (κ3) is 5.83. The predicted molar refractivity (Wildman–Crippen MR) is 139 cm³/mol. The predicted octanol–water partition coefficient (Wildman–Crippen LogP) is 2.25. The average molecular weight is 481 g/mol. The number of halogens is 1. The van der Waals surface area contributed by atoms with Gasteiger partial charge in [-0.25, -0.2) is 9.97 Å². The van der Waals surface area contributed by atoms with Gasteiger partial charge < -0.3 is 21.7 Å². The van der Waals surface area contributed by atoms with Gasteiger partial charge in [-0.05, 0) is 43.3 Å². The van der Waals surface area contributed by atoms with Crippen molar-refractivity contribution < 1.29 is 0 Å². The van der Waals surface area contributed by atoms with Crippen LogP contribution in [-0.2, 0) is 0 Å². The lowest BCUT2D eigenvalue weighted by Gasteiger charge is -2.36. The fraction of sp³-hybridized carbons (Fsp3) is 0.304. The number of hydrogen-bond acceptors (Lipinski definition) is 6. The summed E-state index contributed by atoms with van der Waals surface area (Å²) in [6, 6.07) is 13.8. The lowest BCUT2D eigenvalue weighted by Crippen LogP contribution is -2.47. The fourth-order valence-electron chi connectivity index (χ4n) is 4.08. The van der Waals surface area contributed by atoms with E-state index in [0.29, 0.717) is 5.02 Å². The van der Waals surface area contributed by atoms with Crippen LogP contribution in [0.5, 0.6) is 0 Å². The second-order valence-corrected chi connectivity index (χ2v) is 8.60. The Labute approximate surface area is 203 Å². The van der Waals surface area contributed by atoms with E-state index in [9.17, 15) is 0 Å². The van der Waals surface area contributed by atoms with E-state index in [1.54, 1.807) is 6.07 Å². The molecule has 0 atom stereocenters. The molecule has 0 unspecified atom stereocenters. The first kappa shape index (κ1) is 23.5. The molecule has 0 spiro atoms. The molecular formula is C23H29ClN10. The van der Waals surface area contributed by atoms with Crippen LogP contribution in [0.4, 0.5) is 11.6 Å². The van der Waals surface area contributed by atoms with Crippen molar-refractivity contribution in [1.82, 2.24) is 20.2 Å². The summed E-state index contributed by atoms with van der Waals surface area (Å²) < 4.78 is 0. The molecule has 34 heavy (non-hydrogen) atoms. The third-order valence-corrected chi connectivity index (χ3v) is 5.98. The minimum atomic E-state index is -0.219. The Hall–Kier alpha value is -3.63. The number of piperazine rings is 1. The van der Waals surface area contributed by atoms with Crippen molar-refractivity contribution in [2.75, 3.05) is 49.5 Å². The molecule has 10 nitrogen and oxygen atoms in total. The maximum Gasteiger partial charge on any atom is 0.230 e. The number of nitrogens with zero attached hydrogens (tertiary/aromatic N) is 4. The second-order valence-electron chi connectivity index (χ2n) is 8.17. The summed E-state index contributed by atoms with van der Waals surface area (Å²) in [5, 5.41) is 21.7. The highest BCUT2D eigenvalue weighted by Gasteiger charge is 2.17. The van der Waals surface area contributed by atoms with E-state index < -0.39 is 0 Å². The van der Waals surface area contributed by atoms with E-state index in [4.69, 9.17) is 33.9 Å². The van der Waals surface area contributed by atoms with Crippen LogP contribution in [0.2, 0.25) is 5.02 Å². The van der Waals surface area contributed by atoms with Gasteiger partial charge >= 0.3 is 0 Å². The van der Waals surface area contributed by atoms with Gasteiger partial charge in [-0.2, -0.15) is 0 Å². The number of aromatic nitrogens is 2. The van der Waals surface area contributed by atoms with E-state index in [0.717, 1.165) is 67.8 Å². The smallest absolute Gasteiger partial charge is 0.230 e.